The van der Waals surface area contributed by atoms with Gasteiger partial charge in [0.1, 0.15) is 5.75 Å². The van der Waals surface area contributed by atoms with E-state index in [4.69, 9.17) is 14.5 Å². The van der Waals surface area contributed by atoms with Crippen molar-refractivity contribution in [3.63, 3.8) is 0 Å². The van der Waals surface area contributed by atoms with Gasteiger partial charge in [-0.3, -0.25) is 0 Å². The lowest BCUT2D eigenvalue weighted by molar-refractivity contribution is 0.172. The maximum atomic E-state index is 5.75. The van der Waals surface area contributed by atoms with Gasteiger partial charge in [-0.25, -0.2) is 4.99 Å². The summed E-state index contributed by atoms with van der Waals surface area (Å²) in [4.78, 5) is 7.11. The number of likely N-dealkylation sites (tertiary alicyclic amines) is 1. The maximum Gasteiger partial charge on any atom is 0.194 e. The van der Waals surface area contributed by atoms with Crippen LogP contribution in [0.4, 0.5) is 0 Å². The van der Waals surface area contributed by atoms with Crippen LogP contribution in [0.3, 0.4) is 0 Å². The van der Waals surface area contributed by atoms with Gasteiger partial charge in [0.25, 0.3) is 0 Å². The number of guanidine groups is 1. The van der Waals surface area contributed by atoms with E-state index in [1.54, 1.807) is 7.11 Å². The number of hydrogen-bond acceptors (Lipinski definition) is 3. The van der Waals surface area contributed by atoms with E-state index >= 15 is 0 Å². The van der Waals surface area contributed by atoms with Crippen LogP contribution in [0.25, 0.3) is 0 Å². The number of benzene rings is 1. The molecule has 1 fully saturated rings. The van der Waals surface area contributed by atoms with Crippen LogP contribution in [0.1, 0.15) is 31.7 Å². The fraction of sp³-hybridized carbons (Fsp3) is 0.611. The van der Waals surface area contributed by atoms with E-state index in [0.29, 0.717) is 13.2 Å². The molecule has 5 nitrogen and oxygen atoms in total. The van der Waals surface area contributed by atoms with Crippen LogP contribution < -0.4 is 10.1 Å². The molecule has 0 aromatic heterocycles. The predicted octanol–water partition coefficient (Wildman–Crippen LogP) is 3.28. The van der Waals surface area contributed by atoms with Crippen LogP contribution in [0, 0.1) is 0 Å². The van der Waals surface area contributed by atoms with Crippen molar-refractivity contribution in [2.75, 3.05) is 40.0 Å². The Morgan fingerprint density at radius 2 is 2.04 bits per heavy atom. The average molecular weight is 447 g/mol. The lowest BCUT2D eigenvalue weighted by Crippen LogP contribution is -2.39. The Labute approximate surface area is 162 Å². The van der Waals surface area contributed by atoms with Crippen molar-refractivity contribution < 1.29 is 9.47 Å². The minimum Gasteiger partial charge on any atom is -0.493 e. The summed E-state index contributed by atoms with van der Waals surface area (Å²) in [6.45, 7) is 7.30. The smallest absolute Gasteiger partial charge is 0.194 e. The molecule has 1 aliphatic heterocycles. The molecule has 2 rings (SSSR count). The van der Waals surface area contributed by atoms with Crippen LogP contribution in [0.15, 0.2) is 29.3 Å². The van der Waals surface area contributed by atoms with Crippen molar-refractivity contribution in [2.24, 2.45) is 4.99 Å². The van der Waals surface area contributed by atoms with Crippen molar-refractivity contribution in [1.29, 1.82) is 0 Å². The lowest BCUT2D eigenvalue weighted by atomic mass is 10.2. The summed E-state index contributed by atoms with van der Waals surface area (Å²) in [6, 6.07) is 8.19. The largest absolute Gasteiger partial charge is 0.493 e. The average Bonchev–Trinajstić information content (AvgIpc) is 3.10. The summed E-state index contributed by atoms with van der Waals surface area (Å²) >= 11 is 0. The molecule has 24 heavy (non-hydrogen) atoms. The Hall–Kier alpha value is -1.02. The van der Waals surface area contributed by atoms with Gasteiger partial charge in [0, 0.05) is 39.8 Å². The third-order valence-electron chi connectivity index (χ3n) is 3.81. The molecule has 0 unspecified atom stereocenters. The minimum atomic E-state index is 0. The molecule has 0 atom stereocenters. The molecular formula is C18H30IN3O2. The highest BCUT2D eigenvalue weighted by Crippen LogP contribution is 2.15. The van der Waals surface area contributed by atoms with E-state index in [1.165, 1.54) is 18.4 Å². The van der Waals surface area contributed by atoms with Gasteiger partial charge in [-0.2, -0.15) is 0 Å². The second-order valence-corrected chi connectivity index (χ2v) is 5.71. The van der Waals surface area contributed by atoms with Gasteiger partial charge in [0.05, 0.1) is 13.2 Å². The number of rotatable bonds is 8. The van der Waals surface area contributed by atoms with Crippen LogP contribution in [0.2, 0.25) is 0 Å². The second-order valence-electron chi connectivity index (χ2n) is 5.71. The highest BCUT2D eigenvalue weighted by Gasteiger charge is 2.15. The van der Waals surface area contributed by atoms with Gasteiger partial charge in [0.2, 0.25) is 0 Å². The number of aliphatic imine (C=N–C) groups is 1. The third-order valence-corrected chi connectivity index (χ3v) is 3.81. The molecule has 136 valence electrons. The van der Waals surface area contributed by atoms with Crippen LogP contribution >= 0.6 is 24.0 Å². The molecule has 1 saturated heterocycles. The molecule has 1 heterocycles. The first-order valence-electron chi connectivity index (χ1n) is 8.57. The number of nitrogens with one attached hydrogen (secondary N) is 1. The molecule has 0 saturated carbocycles. The van der Waals surface area contributed by atoms with E-state index in [9.17, 15) is 0 Å². The fourth-order valence-corrected chi connectivity index (χ4v) is 2.65. The Morgan fingerprint density at radius 1 is 1.25 bits per heavy atom. The van der Waals surface area contributed by atoms with Gasteiger partial charge in [-0.1, -0.05) is 12.1 Å². The van der Waals surface area contributed by atoms with Gasteiger partial charge in [-0.15, -0.1) is 24.0 Å². The van der Waals surface area contributed by atoms with Gasteiger partial charge < -0.3 is 19.7 Å². The molecule has 6 heteroatoms. The van der Waals surface area contributed by atoms with E-state index in [-0.39, 0.29) is 24.0 Å². The van der Waals surface area contributed by atoms with Crippen molar-refractivity contribution in [3.8, 4) is 5.75 Å². The molecule has 1 aromatic rings. The van der Waals surface area contributed by atoms with Crippen LogP contribution in [-0.4, -0.2) is 50.8 Å². The number of nitrogens with zero attached hydrogens (tertiary/aromatic N) is 2. The first-order valence-corrected chi connectivity index (χ1v) is 8.57. The van der Waals surface area contributed by atoms with Gasteiger partial charge in [-0.05, 0) is 37.5 Å². The molecule has 0 radical (unpaired) electrons. The van der Waals surface area contributed by atoms with Crippen LogP contribution in [0.5, 0.6) is 5.75 Å². The number of hydrogen-bond donors (Lipinski definition) is 1. The standard InChI is InChI=1S/C18H29N3O2.HI/c1-3-19-18(21-10-4-5-11-21)20-15-16-8-6-9-17(14-16)23-13-7-12-22-2;/h6,8-9,14H,3-5,7,10-13,15H2,1-2H3,(H,19,20);1H. The van der Waals surface area contributed by atoms with Gasteiger partial charge >= 0.3 is 0 Å². The van der Waals surface area contributed by atoms with Crippen molar-refractivity contribution >= 4 is 29.9 Å². The third kappa shape index (κ3) is 7.25. The Balaban J connectivity index is 0.00000288. The second kappa shape index (κ2) is 12.4. The number of halogens is 1. The predicted molar refractivity (Wildman–Crippen MR) is 109 cm³/mol. The molecule has 1 aliphatic rings. The van der Waals surface area contributed by atoms with E-state index in [1.807, 2.05) is 12.1 Å². The normalized spacial score (nSPS) is 14.4. The fourth-order valence-electron chi connectivity index (χ4n) is 2.65. The quantitative estimate of drug-likeness (QED) is 0.288. The topological polar surface area (TPSA) is 46.1 Å². The highest BCUT2D eigenvalue weighted by atomic mass is 127. The number of methoxy groups -OCH3 is 1. The monoisotopic (exact) mass is 447 g/mol. The molecule has 0 spiro atoms. The molecule has 0 aliphatic carbocycles. The van der Waals surface area contributed by atoms with E-state index in [2.05, 4.69) is 29.3 Å². The summed E-state index contributed by atoms with van der Waals surface area (Å²) in [5.74, 6) is 1.93. The summed E-state index contributed by atoms with van der Waals surface area (Å²) in [5, 5.41) is 3.39. The zero-order chi connectivity index (χ0) is 16.3. The summed E-state index contributed by atoms with van der Waals surface area (Å²) in [7, 11) is 1.71. The minimum absolute atomic E-state index is 0. The van der Waals surface area contributed by atoms with Crippen molar-refractivity contribution in [3.05, 3.63) is 29.8 Å². The first kappa shape index (κ1) is 21.0. The molecule has 1 N–H and O–H groups in total. The molecule has 0 amide bonds. The Kier molecular flexibility index (Phi) is 10.8. The first-order chi connectivity index (χ1) is 11.3. The number of ether oxygens (including phenoxy) is 2. The summed E-state index contributed by atoms with van der Waals surface area (Å²) in [5.41, 5.74) is 1.17. The summed E-state index contributed by atoms with van der Waals surface area (Å²) in [6.07, 6.45) is 3.42. The molecular weight excluding hydrogens is 417 g/mol. The van der Waals surface area contributed by atoms with Crippen molar-refractivity contribution in [1.82, 2.24) is 10.2 Å². The van der Waals surface area contributed by atoms with Gasteiger partial charge in [0.15, 0.2) is 5.96 Å². The molecule has 1 aromatic carbocycles. The van der Waals surface area contributed by atoms with E-state index in [0.717, 1.165) is 44.4 Å². The maximum absolute atomic E-state index is 5.75. The van der Waals surface area contributed by atoms with Crippen LogP contribution in [-0.2, 0) is 11.3 Å². The SMILES string of the molecule is CCNC(=NCc1cccc(OCCCOC)c1)N1CCCC1.I. The van der Waals surface area contributed by atoms with Crippen molar-refractivity contribution in [2.45, 2.75) is 32.7 Å². The van der Waals surface area contributed by atoms with E-state index < -0.39 is 0 Å². The summed E-state index contributed by atoms with van der Waals surface area (Å²) < 4.78 is 10.8. The lowest BCUT2D eigenvalue weighted by Gasteiger charge is -2.20. The zero-order valence-corrected chi connectivity index (χ0v) is 17.1. The highest BCUT2D eigenvalue weighted by molar-refractivity contribution is 14.0. The molecule has 0 bridgehead atoms. The zero-order valence-electron chi connectivity index (χ0n) is 14.8. The Morgan fingerprint density at radius 3 is 2.75 bits per heavy atom. The Bertz CT molecular complexity index is 491.